The molecule has 3 amide bonds. The topological polar surface area (TPSA) is 85.6 Å². The smallest absolute Gasteiger partial charge is 0.410 e. The van der Waals surface area contributed by atoms with Crippen molar-refractivity contribution in [2.45, 2.75) is 71.7 Å². The summed E-state index contributed by atoms with van der Waals surface area (Å²) in [4.78, 5) is 41.5. The van der Waals surface area contributed by atoms with Crippen LogP contribution in [0.15, 0.2) is 42.7 Å². The van der Waals surface area contributed by atoms with Gasteiger partial charge in [0.25, 0.3) is 11.8 Å². The molecule has 0 unspecified atom stereocenters. The number of para-hydroxylation sites is 1. The number of imide groups is 1. The summed E-state index contributed by atoms with van der Waals surface area (Å²) < 4.78 is 24.8. The van der Waals surface area contributed by atoms with Gasteiger partial charge in [0.05, 0.1) is 28.7 Å². The molecule has 3 aliphatic heterocycles. The molecule has 9 heteroatoms. The molecule has 0 bridgehead atoms. The first kappa shape index (κ1) is 26.5. The first-order chi connectivity index (χ1) is 19.8. The third-order valence-electron chi connectivity index (χ3n) is 8.72. The molecule has 4 aromatic rings. The Morgan fingerprint density at radius 1 is 0.929 bits per heavy atom. The molecule has 1 N–H and O–H groups in total. The van der Waals surface area contributed by atoms with Crippen LogP contribution in [0.25, 0.3) is 33.0 Å². The van der Waals surface area contributed by atoms with Crippen LogP contribution in [0.1, 0.15) is 63.3 Å². The van der Waals surface area contributed by atoms with Crippen molar-refractivity contribution in [2.75, 3.05) is 6.54 Å². The Bertz CT molecular complexity index is 1900. The fourth-order valence-corrected chi connectivity index (χ4v) is 6.74. The molecule has 0 saturated carbocycles. The minimum Gasteiger partial charge on any atom is -0.444 e. The van der Waals surface area contributed by atoms with Crippen molar-refractivity contribution in [1.82, 2.24) is 19.4 Å². The fraction of sp³-hybridized carbons (Fsp3) is 0.364. The van der Waals surface area contributed by atoms with Crippen LogP contribution in [0.5, 0.6) is 0 Å². The molecule has 0 radical (unpaired) electrons. The van der Waals surface area contributed by atoms with E-state index in [2.05, 4.69) is 23.7 Å². The van der Waals surface area contributed by atoms with Gasteiger partial charge >= 0.3 is 6.09 Å². The first-order valence-electron chi connectivity index (χ1n) is 14.3. The highest BCUT2D eigenvalue weighted by atomic mass is 19.1. The monoisotopic (exact) mass is 568 g/mol. The minimum atomic E-state index is -0.606. The number of carbonyl (C=O) groups excluding carboxylic acids is 3. The predicted molar refractivity (Wildman–Crippen MR) is 158 cm³/mol. The normalized spacial score (nSPS) is 18.2. The van der Waals surface area contributed by atoms with Crippen LogP contribution in [0.2, 0.25) is 0 Å². The average Bonchev–Trinajstić information content (AvgIpc) is 3.48. The van der Waals surface area contributed by atoms with E-state index in [0.717, 1.165) is 40.5 Å². The summed E-state index contributed by atoms with van der Waals surface area (Å²) in [7, 11) is 0. The Kier molecular flexibility index (Phi) is 5.55. The Morgan fingerprint density at radius 3 is 2.29 bits per heavy atom. The molecule has 0 atom stereocenters. The van der Waals surface area contributed by atoms with Crippen LogP contribution in [0.3, 0.4) is 0 Å². The molecule has 0 saturated heterocycles. The Morgan fingerprint density at radius 2 is 1.60 bits per heavy atom. The van der Waals surface area contributed by atoms with E-state index < -0.39 is 17.4 Å². The number of carbonyl (C=O) groups is 3. The van der Waals surface area contributed by atoms with Crippen molar-refractivity contribution in [2.24, 2.45) is 0 Å². The fourth-order valence-electron chi connectivity index (χ4n) is 6.74. The zero-order valence-electron chi connectivity index (χ0n) is 24.4. The Labute approximate surface area is 242 Å². The standard InChI is InChI=1S/C33H33FN4O4/c1-32(2,3)42-31(41)38-12-11-37-16-22(20-8-6-7-18(15-38)27(20)37)25-26(30(40)35-29(25)39)23-17-36-10-9-33(4,5)24-14-19(34)13-21(23)28(24)36/h6-8,13-14,16-17H,9-12,15H2,1-5H3,(H,35,39,40). The van der Waals surface area contributed by atoms with Gasteiger partial charge in [-0.3, -0.25) is 14.9 Å². The average molecular weight is 569 g/mol. The van der Waals surface area contributed by atoms with Crippen molar-refractivity contribution in [3.05, 3.63) is 70.8 Å². The molecule has 0 spiro atoms. The van der Waals surface area contributed by atoms with Gasteiger partial charge in [0.2, 0.25) is 0 Å². The number of hydrogen-bond acceptors (Lipinski definition) is 4. The number of nitrogens with one attached hydrogen (secondary N) is 1. The third kappa shape index (κ3) is 3.97. The summed E-state index contributed by atoms with van der Waals surface area (Å²) >= 11 is 0. The van der Waals surface area contributed by atoms with Gasteiger partial charge < -0.3 is 18.8 Å². The van der Waals surface area contributed by atoms with E-state index in [1.165, 1.54) is 6.07 Å². The second-order valence-corrected chi connectivity index (χ2v) is 13.2. The lowest BCUT2D eigenvalue weighted by Crippen LogP contribution is -2.37. The molecule has 3 aliphatic rings. The van der Waals surface area contributed by atoms with Gasteiger partial charge in [-0.1, -0.05) is 32.0 Å². The van der Waals surface area contributed by atoms with Gasteiger partial charge in [-0.15, -0.1) is 0 Å². The van der Waals surface area contributed by atoms with Gasteiger partial charge in [-0.25, -0.2) is 9.18 Å². The maximum Gasteiger partial charge on any atom is 0.410 e. The lowest BCUT2D eigenvalue weighted by molar-refractivity contribution is -0.122. The lowest BCUT2D eigenvalue weighted by atomic mass is 9.78. The summed E-state index contributed by atoms with van der Waals surface area (Å²) in [6.07, 6.45) is 4.25. The molecular formula is C33H33FN4O4. The van der Waals surface area contributed by atoms with Crippen molar-refractivity contribution < 1.29 is 23.5 Å². The molecule has 7 rings (SSSR count). The first-order valence-corrected chi connectivity index (χ1v) is 14.3. The number of halogens is 1. The van der Waals surface area contributed by atoms with Crippen molar-refractivity contribution in [3.8, 4) is 0 Å². The number of ether oxygens (including phenoxy) is 1. The highest BCUT2D eigenvalue weighted by Crippen LogP contribution is 2.44. The van der Waals surface area contributed by atoms with Gasteiger partial charge in [-0.2, -0.15) is 0 Å². The zero-order chi connectivity index (χ0) is 29.7. The quantitative estimate of drug-likeness (QED) is 0.313. The summed E-state index contributed by atoms with van der Waals surface area (Å²) in [5.41, 5.74) is 4.56. The minimum absolute atomic E-state index is 0.221. The Hall–Kier alpha value is -4.40. The molecule has 0 aliphatic carbocycles. The molecule has 2 aromatic carbocycles. The largest absolute Gasteiger partial charge is 0.444 e. The van der Waals surface area contributed by atoms with E-state index >= 15 is 4.39 Å². The van der Waals surface area contributed by atoms with Crippen molar-refractivity contribution in [3.63, 3.8) is 0 Å². The Balaban J connectivity index is 1.41. The maximum absolute atomic E-state index is 15.0. The number of benzene rings is 2. The van der Waals surface area contributed by atoms with Crippen LogP contribution < -0.4 is 5.32 Å². The third-order valence-corrected chi connectivity index (χ3v) is 8.72. The van der Waals surface area contributed by atoms with E-state index in [-0.39, 0.29) is 28.5 Å². The van der Waals surface area contributed by atoms with Crippen LogP contribution in [0.4, 0.5) is 9.18 Å². The van der Waals surface area contributed by atoms with E-state index in [9.17, 15) is 14.4 Å². The molecule has 0 fully saturated rings. The maximum atomic E-state index is 15.0. The van der Waals surface area contributed by atoms with Gasteiger partial charge in [-0.05, 0) is 55.9 Å². The summed E-state index contributed by atoms with van der Waals surface area (Å²) in [5, 5.41) is 3.96. The zero-order valence-corrected chi connectivity index (χ0v) is 24.4. The number of amides is 3. The predicted octanol–water partition coefficient (Wildman–Crippen LogP) is 5.73. The van der Waals surface area contributed by atoms with Crippen LogP contribution in [-0.2, 0) is 39.4 Å². The van der Waals surface area contributed by atoms with E-state index in [1.807, 2.05) is 55.9 Å². The molecule has 216 valence electrons. The molecular weight excluding hydrogens is 535 g/mol. The van der Waals surface area contributed by atoms with E-state index in [1.54, 1.807) is 11.0 Å². The van der Waals surface area contributed by atoms with Crippen LogP contribution in [0, 0.1) is 5.82 Å². The summed E-state index contributed by atoms with van der Waals surface area (Å²) in [6, 6.07) is 8.86. The molecule has 2 aromatic heterocycles. The summed E-state index contributed by atoms with van der Waals surface area (Å²) in [5.74, 6) is -1.32. The molecule has 42 heavy (non-hydrogen) atoms. The van der Waals surface area contributed by atoms with Gasteiger partial charge in [0.1, 0.15) is 11.4 Å². The van der Waals surface area contributed by atoms with Crippen LogP contribution >= 0.6 is 0 Å². The number of hydrogen-bond donors (Lipinski definition) is 1. The number of aryl methyl sites for hydroxylation is 1. The number of rotatable bonds is 2. The lowest BCUT2D eigenvalue weighted by Gasteiger charge is -2.31. The second kappa shape index (κ2) is 8.80. The number of nitrogens with zero attached hydrogens (tertiary/aromatic N) is 3. The summed E-state index contributed by atoms with van der Waals surface area (Å²) in [6.45, 7) is 11.8. The van der Waals surface area contributed by atoms with Gasteiger partial charge in [0, 0.05) is 53.9 Å². The second-order valence-electron chi connectivity index (χ2n) is 13.2. The number of aromatic nitrogens is 2. The SMILES string of the molecule is CC(C)(C)OC(=O)N1CCn2cc(C3=C(c4cn5c6c(cc(F)cc46)C(C)(C)CC5)C(=O)NC3=O)c3cccc(c32)C1. The van der Waals surface area contributed by atoms with Crippen molar-refractivity contribution >= 4 is 50.9 Å². The van der Waals surface area contributed by atoms with Crippen LogP contribution in [-0.4, -0.2) is 44.1 Å². The molecule has 8 nitrogen and oxygen atoms in total. The highest BCUT2D eigenvalue weighted by Gasteiger charge is 2.38. The van der Waals surface area contributed by atoms with E-state index in [4.69, 9.17) is 4.74 Å². The molecule has 5 heterocycles. The van der Waals surface area contributed by atoms with E-state index in [0.29, 0.717) is 36.1 Å². The van der Waals surface area contributed by atoms with Crippen molar-refractivity contribution in [1.29, 1.82) is 0 Å². The highest BCUT2D eigenvalue weighted by molar-refractivity contribution is 6.50. The van der Waals surface area contributed by atoms with Gasteiger partial charge in [0.15, 0.2) is 0 Å².